The Bertz CT molecular complexity index is 637. The third-order valence-electron chi connectivity index (χ3n) is 2.32. The van der Waals surface area contributed by atoms with E-state index < -0.39 is 4.92 Å². The molecule has 0 bridgehead atoms. The highest BCUT2D eigenvalue weighted by Crippen LogP contribution is 2.13. The number of nitro groups is 1. The molecule has 2 rings (SSSR count). The fourth-order valence-corrected chi connectivity index (χ4v) is 1.40. The van der Waals surface area contributed by atoms with Crippen LogP contribution >= 0.6 is 0 Å². The van der Waals surface area contributed by atoms with E-state index in [-0.39, 0.29) is 18.1 Å². The monoisotopic (exact) mass is 274 g/mol. The fraction of sp³-hybridized carbons (Fsp3) is 0.0909. The first-order valence-electron chi connectivity index (χ1n) is 5.58. The third-order valence-corrected chi connectivity index (χ3v) is 2.32. The van der Waals surface area contributed by atoms with Crippen LogP contribution in [0.25, 0.3) is 6.08 Å². The maximum Gasteiger partial charge on any atom is 0.270 e. The van der Waals surface area contributed by atoms with Crippen molar-refractivity contribution in [2.24, 2.45) is 0 Å². The molecular formula is C11H10N6O3. The number of tetrazole rings is 1. The minimum absolute atomic E-state index is 0.0284. The number of carbonyl (C=O) groups is 1. The minimum atomic E-state index is -0.492. The number of hydrogen-bond donors (Lipinski definition) is 2. The number of rotatable bonds is 5. The second kappa shape index (κ2) is 6.18. The van der Waals surface area contributed by atoms with Gasteiger partial charge < -0.3 is 5.32 Å². The van der Waals surface area contributed by atoms with Crippen molar-refractivity contribution in [2.75, 3.05) is 0 Å². The van der Waals surface area contributed by atoms with Gasteiger partial charge in [-0.15, -0.1) is 10.2 Å². The van der Waals surface area contributed by atoms with Crippen LogP contribution < -0.4 is 5.32 Å². The summed E-state index contributed by atoms with van der Waals surface area (Å²) in [5.41, 5.74) is 0.535. The molecule has 1 aromatic heterocycles. The number of benzene rings is 1. The number of hydrogen-bond acceptors (Lipinski definition) is 6. The first-order chi connectivity index (χ1) is 9.65. The number of non-ortho nitro benzene ring substituents is 1. The first kappa shape index (κ1) is 13.3. The lowest BCUT2D eigenvalue weighted by Gasteiger charge is -1.97. The highest BCUT2D eigenvalue weighted by atomic mass is 16.6. The zero-order chi connectivity index (χ0) is 14.4. The van der Waals surface area contributed by atoms with Crippen molar-refractivity contribution in [2.45, 2.75) is 6.54 Å². The molecule has 0 aliphatic carbocycles. The molecule has 0 atom stereocenters. The van der Waals surface area contributed by atoms with E-state index >= 15 is 0 Å². The van der Waals surface area contributed by atoms with E-state index in [0.29, 0.717) is 11.4 Å². The van der Waals surface area contributed by atoms with Gasteiger partial charge >= 0.3 is 0 Å². The lowest BCUT2D eigenvalue weighted by molar-refractivity contribution is -0.384. The van der Waals surface area contributed by atoms with Crippen LogP contribution in [0.15, 0.2) is 30.3 Å². The number of aromatic amines is 1. The number of nitrogens with one attached hydrogen (secondary N) is 2. The van der Waals surface area contributed by atoms with Gasteiger partial charge in [0.05, 0.1) is 11.5 Å². The second-order valence-electron chi connectivity index (χ2n) is 3.73. The van der Waals surface area contributed by atoms with E-state index in [2.05, 4.69) is 25.9 Å². The van der Waals surface area contributed by atoms with Gasteiger partial charge in [-0.3, -0.25) is 14.9 Å². The minimum Gasteiger partial charge on any atom is -0.345 e. The summed E-state index contributed by atoms with van der Waals surface area (Å²) in [7, 11) is 0. The van der Waals surface area contributed by atoms with E-state index in [9.17, 15) is 14.9 Å². The van der Waals surface area contributed by atoms with Gasteiger partial charge in [-0.05, 0) is 11.6 Å². The van der Waals surface area contributed by atoms with Crippen molar-refractivity contribution >= 4 is 17.7 Å². The molecule has 0 radical (unpaired) electrons. The van der Waals surface area contributed by atoms with Crippen LogP contribution in [-0.2, 0) is 11.3 Å². The zero-order valence-electron chi connectivity index (χ0n) is 10.2. The van der Waals surface area contributed by atoms with Crippen LogP contribution in [0.4, 0.5) is 5.69 Å². The van der Waals surface area contributed by atoms with Crippen LogP contribution in [0.3, 0.4) is 0 Å². The molecule has 0 unspecified atom stereocenters. The normalized spacial score (nSPS) is 10.6. The molecule has 102 valence electrons. The van der Waals surface area contributed by atoms with Gasteiger partial charge in [0.15, 0.2) is 5.82 Å². The van der Waals surface area contributed by atoms with Gasteiger partial charge in [-0.1, -0.05) is 17.3 Å². The third kappa shape index (κ3) is 3.70. The van der Waals surface area contributed by atoms with Crippen LogP contribution in [0.5, 0.6) is 0 Å². The Labute approximate surface area is 112 Å². The van der Waals surface area contributed by atoms with E-state index in [1.54, 1.807) is 12.1 Å². The maximum absolute atomic E-state index is 11.5. The maximum atomic E-state index is 11.5. The Morgan fingerprint density at radius 1 is 1.50 bits per heavy atom. The quantitative estimate of drug-likeness (QED) is 0.462. The van der Waals surface area contributed by atoms with E-state index in [0.717, 1.165) is 0 Å². The van der Waals surface area contributed by atoms with Crippen LogP contribution in [0, 0.1) is 10.1 Å². The largest absolute Gasteiger partial charge is 0.345 e. The van der Waals surface area contributed by atoms with Crippen molar-refractivity contribution in [3.05, 3.63) is 51.8 Å². The highest BCUT2D eigenvalue weighted by molar-refractivity contribution is 5.91. The molecule has 2 N–H and O–H groups in total. The molecule has 0 saturated carbocycles. The summed E-state index contributed by atoms with van der Waals surface area (Å²) in [4.78, 5) is 21.6. The first-order valence-corrected chi connectivity index (χ1v) is 5.58. The van der Waals surface area contributed by atoms with Gasteiger partial charge in [0.2, 0.25) is 5.91 Å². The summed E-state index contributed by atoms with van der Waals surface area (Å²) in [6.45, 7) is 0.147. The fourth-order valence-electron chi connectivity index (χ4n) is 1.40. The van der Waals surface area contributed by atoms with Crippen molar-refractivity contribution < 1.29 is 9.72 Å². The van der Waals surface area contributed by atoms with E-state index in [1.807, 2.05) is 0 Å². The summed E-state index contributed by atoms with van der Waals surface area (Å²) in [6.07, 6.45) is 2.76. The molecule has 1 heterocycles. The van der Waals surface area contributed by atoms with Gasteiger partial charge in [-0.2, -0.15) is 5.21 Å². The molecule has 20 heavy (non-hydrogen) atoms. The summed E-state index contributed by atoms with van der Waals surface area (Å²) in [6, 6.07) is 5.97. The standard InChI is InChI=1S/C11H10N6O3/c18-11(12-7-10-13-15-16-14-10)5-4-8-2-1-3-9(6-8)17(19)20/h1-6H,7H2,(H,12,18)(H,13,14,15,16). The SMILES string of the molecule is O=C(C=Cc1cccc([N+](=O)[O-])c1)NCc1nn[nH]n1. The molecule has 0 saturated heterocycles. The van der Waals surface area contributed by atoms with Gasteiger partial charge in [-0.25, -0.2) is 0 Å². The van der Waals surface area contributed by atoms with Gasteiger partial charge in [0.1, 0.15) is 0 Å². The van der Waals surface area contributed by atoms with E-state index in [4.69, 9.17) is 0 Å². The molecule has 0 fully saturated rings. The Morgan fingerprint density at radius 2 is 2.35 bits per heavy atom. The van der Waals surface area contributed by atoms with Crippen LogP contribution in [0.1, 0.15) is 11.4 Å². The lowest BCUT2D eigenvalue weighted by atomic mass is 10.2. The Balaban J connectivity index is 1.93. The molecule has 0 aliphatic rings. The Kier molecular flexibility index (Phi) is 4.12. The summed E-state index contributed by atoms with van der Waals surface area (Å²) in [5, 5.41) is 26.1. The number of nitrogens with zero attached hydrogens (tertiary/aromatic N) is 4. The van der Waals surface area contributed by atoms with Crippen molar-refractivity contribution in [3.8, 4) is 0 Å². The molecule has 0 spiro atoms. The Morgan fingerprint density at radius 3 is 3.05 bits per heavy atom. The molecule has 1 aromatic carbocycles. The molecule has 0 aliphatic heterocycles. The molecule has 9 heteroatoms. The van der Waals surface area contributed by atoms with Gasteiger partial charge in [0, 0.05) is 18.2 Å². The number of amides is 1. The summed E-state index contributed by atoms with van der Waals surface area (Å²) >= 11 is 0. The Hall–Kier alpha value is -3.10. The molecule has 1 amide bonds. The van der Waals surface area contributed by atoms with Crippen LogP contribution in [-0.4, -0.2) is 31.5 Å². The molecule has 2 aromatic rings. The topological polar surface area (TPSA) is 127 Å². The number of aromatic nitrogens is 4. The average molecular weight is 274 g/mol. The predicted molar refractivity (Wildman–Crippen MR) is 68.2 cm³/mol. The lowest BCUT2D eigenvalue weighted by Crippen LogP contribution is -2.20. The van der Waals surface area contributed by atoms with E-state index in [1.165, 1.54) is 24.3 Å². The number of H-pyrrole nitrogens is 1. The molecular weight excluding hydrogens is 264 g/mol. The zero-order valence-corrected chi connectivity index (χ0v) is 10.2. The predicted octanol–water partition coefficient (Wildman–Crippen LogP) is 0.437. The smallest absolute Gasteiger partial charge is 0.270 e. The van der Waals surface area contributed by atoms with Crippen molar-refractivity contribution in [1.29, 1.82) is 0 Å². The summed E-state index contributed by atoms with van der Waals surface area (Å²) < 4.78 is 0. The highest BCUT2D eigenvalue weighted by Gasteiger charge is 2.04. The van der Waals surface area contributed by atoms with Crippen molar-refractivity contribution in [3.63, 3.8) is 0 Å². The second-order valence-corrected chi connectivity index (χ2v) is 3.73. The summed E-state index contributed by atoms with van der Waals surface area (Å²) in [5.74, 6) is 0.00315. The van der Waals surface area contributed by atoms with Crippen LogP contribution in [0.2, 0.25) is 0 Å². The molecule has 9 nitrogen and oxygen atoms in total. The van der Waals surface area contributed by atoms with Crippen molar-refractivity contribution in [1.82, 2.24) is 25.9 Å². The average Bonchev–Trinajstić information content (AvgIpc) is 2.96. The number of nitro benzene ring substituents is 1. The van der Waals surface area contributed by atoms with Gasteiger partial charge in [0.25, 0.3) is 5.69 Å². The number of carbonyl (C=O) groups excluding carboxylic acids is 1.